The van der Waals surface area contributed by atoms with Crippen molar-refractivity contribution in [1.29, 1.82) is 0 Å². The maximum Gasteiger partial charge on any atom is 0.107 e. The molecule has 1 heterocycles. The summed E-state index contributed by atoms with van der Waals surface area (Å²) in [5.74, 6) is 2.58. The molecule has 26 heavy (non-hydrogen) atoms. The molecule has 0 aliphatic carbocycles. The molecule has 0 bridgehead atoms. The van der Waals surface area contributed by atoms with Gasteiger partial charge in [0.15, 0.2) is 0 Å². The summed E-state index contributed by atoms with van der Waals surface area (Å²) in [7, 11) is 0. The van der Waals surface area contributed by atoms with Crippen molar-refractivity contribution in [3.05, 3.63) is 95.4 Å². The maximum atomic E-state index is 5.82. The second kappa shape index (κ2) is 9.40. The topological polar surface area (TPSA) is 17.6 Å². The lowest BCUT2D eigenvalue weighted by molar-refractivity contribution is -0.914. The molecule has 2 nitrogen and oxygen atoms in total. The van der Waals surface area contributed by atoms with Gasteiger partial charge in [-0.25, -0.2) is 0 Å². The highest BCUT2D eigenvalue weighted by atomic mass is 16.3. The summed E-state index contributed by atoms with van der Waals surface area (Å²) in [6.07, 6.45) is 2.27. The highest BCUT2D eigenvalue weighted by molar-refractivity contribution is 5.15. The number of furan rings is 1. The van der Waals surface area contributed by atoms with Gasteiger partial charge in [0.05, 0.1) is 13.1 Å². The zero-order chi connectivity index (χ0) is 18.2. The van der Waals surface area contributed by atoms with E-state index in [9.17, 15) is 0 Å². The third-order valence-corrected chi connectivity index (χ3v) is 5.08. The number of benzene rings is 2. The van der Waals surface area contributed by atoms with Gasteiger partial charge in [-0.1, -0.05) is 67.6 Å². The third-order valence-electron chi connectivity index (χ3n) is 5.08. The molecule has 1 aromatic heterocycles. The van der Waals surface area contributed by atoms with Gasteiger partial charge >= 0.3 is 0 Å². The minimum absolute atomic E-state index is 0.464. The Hall–Kier alpha value is -2.32. The Bertz CT molecular complexity index is 763. The predicted octanol–water partition coefficient (Wildman–Crippen LogP) is 4.41. The Kier molecular flexibility index (Phi) is 6.68. The van der Waals surface area contributed by atoms with Crippen LogP contribution < -0.4 is 4.90 Å². The molecule has 136 valence electrons. The summed E-state index contributed by atoms with van der Waals surface area (Å²) in [5, 5.41) is 0. The van der Waals surface area contributed by atoms with Crippen LogP contribution in [0.5, 0.6) is 0 Å². The third kappa shape index (κ3) is 5.60. The molecule has 0 aliphatic heterocycles. The molecule has 0 saturated heterocycles. The normalized spacial score (nSPS) is 13.5. The largest absolute Gasteiger partial charge is 0.466 e. The quantitative estimate of drug-likeness (QED) is 0.606. The molecule has 2 heteroatoms. The van der Waals surface area contributed by atoms with Gasteiger partial charge in [-0.2, -0.15) is 0 Å². The SMILES string of the molecule is Cc1ccc([C@@H](C)CC[NH+](CCc2ccccc2)Cc2ccccc2)o1. The number of nitrogens with one attached hydrogen (secondary N) is 1. The van der Waals surface area contributed by atoms with Crippen LogP contribution in [-0.2, 0) is 13.0 Å². The first-order valence-electron chi connectivity index (χ1n) is 9.68. The van der Waals surface area contributed by atoms with Gasteiger partial charge in [0.25, 0.3) is 0 Å². The molecule has 3 aromatic rings. The summed E-state index contributed by atoms with van der Waals surface area (Å²) in [6, 6.07) is 25.8. The second-order valence-corrected chi connectivity index (χ2v) is 7.29. The summed E-state index contributed by atoms with van der Waals surface area (Å²) in [5.41, 5.74) is 2.84. The number of quaternary nitrogens is 1. The lowest BCUT2D eigenvalue weighted by atomic mass is 10.0. The van der Waals surface area contributed by atoms with E-state index in [4.69, 9.17) is 4.42 Å². The average Bonchev–Trinajstić information content (AvgIpc) is 3.12. The lowest BCUT2D eigenvalue weighted by Crippen LogP contribution is -3.11. The van der Waals surface area contributed by atoms with Crippen molar-refractivity contribution in [3.63, 3.8) is 0 Å². The molecule has 0 radical (unpaired) electrons. The molecule has 1 N–H and O–H groups in total. The predicted molar refractivity (Wildman–Crippen MR) is 107 cm³/mol. The van der Waals surface area contributed by atoms with E-state index in [2.05, 4.69) is 79.7 Å². The molecule has 1 unspecified atom stereocenters. The Labute approximate surface area is 157 Å². The van der Waals surface area contributed by atoms with Crippen molar-refractivity contribution in [1.82, 2.24) is 0 Å². The van der Waals surface area contributed by atoms with E-state index in [0.29, 0.717) is 5.92 Å². The van der Waals surface area contributed by atoms with Crippen molar-refractivity contribution in [2.24, 2.45) is 0 Å². The van der Waals surface area contributed by atoms with E-state index < -0.39 is 0 Å². The molecule has 0 fully saturated rings. The molecule has 0 amide bonds. The van der Waals surface area contributed by atoms with Gasteiger partial charge in [0, 0.05) is 24.3 Å². The highest BCUT2D eigenvalue weighted by Crippen LogP contribution is 2.20. The van der Waals surface area contributed by atoms with Crippen LogP contribution in [0, 0.1) is 6.92 Å². The van der Waals surface area contributed by atoms with Crippen LogP contribution in [0.25, 0.3) is 0 Å². The number of hydrogen-bond acceptors (Lipinski definition) is 1. The second-order valence-electron chi connectivity index (χ2n) is 7.29. The lowest BCUT2D eigenvalue weighted by Gasteiger charge is -2.21. The van der Waals surface area contributed by atoms with E-state index in [0.717, 1.165) is 44.0 Å². The first kappa shape index (κ1) is 18.5. The van der Waals surface area contributed by atoms with Gasteiger partial charge in [-0.3, -0.25) is 0 Å². The molecule has 2 aromatic carbocycles. The zero-order valence-corrected chi connectivity index (χ0v) is 15.9. The minimum atomic E-state index is 0.464. The van der Waals surface area contributed by atoms with Crippen molar-refractivity contribution < 1.29 is 9.32 Å². The summed E-state index contributed by atoms with van der Waals surface area (Å²) in [4.78, 5) is 1.63. The van der Waals surface area contributed by atoms with Gasteiger partial charge in [0.1, 0.15) is 18.1 Å². The molecule has 2 atom stereocenters. The Morgan fingerprint density at radius 2 is 1.46 bits per heavy atom. The number of hydrogen-bond donors (Lipinski definition) is 1. The van der Waals surface area contributed by atoms with Gasteiger partial charge < -0.3 is 9.32 Å². The van der Waals surface area contributed by atoms with Gasteiger partial charge in [0.2, 0.25) is 0 Å². The maximum absolute atomic E-state index is 5.82. The van der Waals surface area contributed by atoms with Crippen LogP contribution >= 0.6 is 0 Å². The van der Waals surface area contributed by atoms with E-state index >= 15 is 0 Å². The molecular weight excluding hydrogens is 318 g/mol. The summed E-state index contributed by atoms with van der Waals surface area (Å²) >= 11 is 0. The molecule has 3 rings (SSSR count). The first-order valence-corrected chi connectivity index (χ1v) is 9.68. The molecular formula is C24H30NO+. The Morgan fingerprint density at radius 3 is 2.08 bits per heavy atom. The summed E-state index contributed by atoms with van der Waals surface area (Å²) in [6.45, 7) is 7.68. The minimum Gasteiger partial charge on any atom is -0.466 e. The Morgan fingerprint density at radius 1 is 0.808 bits per heavy atom. The summed E-state index contributed by atoms with van der Waals surface area (Å²) < 4.78 is 5.82. The van der Waals surface area contributed by atoms with Gasteiger partial charge in [-0.05, 0) is 24.6 Å². The number of aryl methyl sites for hydroxylation is 1. The molecule has 0 spiro atoms. The average molecular weight is 349 g/mol. The van der Waals surface area contributed by atoms with Crippen LogP contribution in [0.3, 0.4) is 0 Å². The zero-order valence-electron chi connectivity index (χ0n) is 15.9. The standard InChI is InChI=1S/C24H29NO/c1-20(24-14-13-21(2)26-24)15-17-25(19-23-11-7-4-8-12-23)18-16-22-9-5-3-6-10-22/h3-14,20H,15-19H2,1-2H3/p+1/t20-/m0/s1. The van der Waals surface area contributed by atoms with Crippen LogP contribution in [0.4, 0.5) is 0 Å². The molecule has 0 saturated carbocycles. The number of rotatable bonds is 9. The highest BCUT2D eigenvalue weighted by Gasteiger charge is 2.15. The van der Waals surface area contributed by atoms with E-state index in [1.807, 2.05) is 6.92 Å². The smallest absolute Gasteiger partial charge is 0.107 e. The monoisotopic (exact) mass is 348 g/mol. The van der Waals surface area contributed by atoms with Crippen LogP contribution in [0.15, 0.2) is 77.2 Å². The van der Waals surface area contributed by atoms with E-state index in [-0.39, 0.29) is 0 Å². The van der Waals surface area contributed by atoms with E-state index in [1.54, 1.807) is 4.90 Å². The van der Waals surface area contributed by atoms with Crippen molar-refractivity contribution in [2.45, 2.75) is 39.2 Å². The van der Waals surface area contributed by atoms with Crippen molar-refractivity contribution in [2.75, 3.05) is 13.1 Å². The van der Waals surface area contributed by atoms with Crippen molar-refractivity contribution >= 4 is 0 Å². The fourth-order valence-corrected chi connectivity index (χ4v) is 3.43. The first-order chi connectivity index (χ1) is 12.7. The van der Waals surface area contributed by atoms with E-state index in [1.165, 1.54) is 11.1 Å². The van der Waals surface area contributed by atoms with Crippen LogP contribution in [0.1, 0.15) is 41.9 Å². The van der Waals surface area contributed by atoms with Crippen LogP contribution in [0.2, 0.25) is 0 Å². The Balaban J connectivity index is 1.60. The fourth-order valence-electron chi connectivity index (χ4n) is 3.43. The van der Waals surface area contributed by atoms with Gasteiger partial charge in [-0.15, -0.1) is 0 Å². The molecule has 0 aliphatic rings. The van der Waals surface area contributed by atoms with Crippen molar-refractivity contribution in [3.8, 4) is 0 Å². The van der Waals surface area contributed by atoms with Crippen LogP contribution in [-0.4, -0.2) is 13.1 Å². The fraction of sp³-hybridized carbons (Fsp3) is 0.333.